The predicted molar refractivity (Wildman–Crippen MR) is 126 cm³/mol. The molecule has 0 atom stereocenters. The fourth-order valence-electron chi connectivity index (χ4n) is 3.60. The van der Waals surface area contributed by atoms with Gasteiger partial charge in [0.2, 0.25) is 0 Å². The number of ether oxygens (including phenoxy) is 1. The van der Waals surface area contributed by atoms with Gasteiger partial charge in [-0.25, -0.2) is 4.99 Å². The summed E-state index contributed by atoms with van der Waals surface area (Å²) < 4.78 is 5.06. The Morgan fingerprint density at radius 3 is 2.39 bits per heavy atom. The van der Waals surface area contributed by atoms with E-state index in [4.69, 9.17) is 16.2 Å². The normalized spacial score (nSPS) is 10.5. The maximum absolute atomic E-state index is 11.8. The van der Waals surface area contributed by atoms with Gasteiger partial charge in [-0.3, -0.25) is 4.79 Å². The molecule has 0 heterocycles. The summed E-state index contributed by atoms with van der Waals surface area (Å²) in [6.45, 7) is 2.24. The van der Waals surface area contributed by atoms with Crippen molar-refractivity contribution < 1.29 is 9.53 Å². The summed E-state index contributed by atoms with van der Waals surface area (Å²) in [7, 11) is 0. The molecule has 3 aromatic rings. The summed E-state index contributed by atoms with van der Waals surface area (Å²) >= 11 is 0. The fourth-order valence-corrected chi connectivity index (χ4v) is 3.60. The largest absolute Gasteiger partial charge is 0.466 e. The first-order chi connectivity index (χ1) is 15.0. The molecular formula is C26H29N3O2. The molecule has 0 bridgehead atoms. The number of nitrogens with two attached hydrogens (primary N) is 2. The first-order valence-electron chi connectivity index (χ1n) is 10.6. The first-order valence-corrected chi connectivity index (χ1v) is 10.6. The molecule has 0 aliphatic heterocycles. The Kier molecular flexibility index (Phi) is 7.82. The van der Waals surface area contributed by atoms with Crippen LogP contribution in [0.2, 0.25) is 0 Å². The number of nitrogens with zero attached hydrogens (tertiary/aromatic N) is 1. The van der Waals surface area contributed by atoms with E-state index in [1.54, 1.807) is 0 Å². The molecule has 0 saturated heterocycles. The van der Waals surface area contributed by atoms with Crippen LogP contribution in [0.5, 0.6) is 0 Å². The molecule has 5 nitrogen and oxygen atoms in total. The average Bonchev–Trinajstić information content (AvgIpc) is 2.77. The lowest BCUT2D eigenvalue weighted by Gasteiger charge is -2.13. The van der Waals surface area contributed by atoms with Crippen molar-refractivity contribution in [3.63, 3.8) is 0 Å². The number of benzene rings is 3. The Morgan fingerprint density at radius 1 is 0.871 bits per heavy atom. The third-order valence-corrected chi connectivity index (χ3v) is 5.03. The van der Waals surface area contributed by atoms with Crippen molar-refractivity contribution in [3.05, 3.63) is 89.5 Å². The van der Waals surface area contributed by atoms with E-state index in [1.807, 2.05) is 43.3 Å². The van der Waals surface area contributed by atoms with Gasteiger partial charge in [0.15, 0.2) is 5.96 Å². The van der Waals surface area contributed by atoms with Crippen molar-refractivity contribution in [2.45, 2.75) is 32.6 Å². The van der Waals surface area contributed by atoms with E-state index in [-0.39, 0.29) is 11.9 Å². The molecule has 3 aromatic carbocycles. The number of hydrogen-bond acceptors (Lipinski definition) is 3. The smallest absolute Gasteiger partial charge is 0.306 e. The van der Waals surface area contributed by atoms with Crippen molar-refractivity contribution in [1.82, 2.24) is 0 Å². The molecule has 0 radical (unpaired) electrons. The Labute approximate surface area is 183 Å². The van der Waals surface area contributed by atoms with Gasteiger partial charge in [0.05, 0.1) is 12.3 Å². The monoisotopic (exact) mass is 415 g/mol. The van der Waals surface area contributed by atoms with Gasteiger partial charge in [0, 0.05) is 6.42 Å². The topological polar surface area (TPSA) is 90.7 Å². The molecule has 5 heteroatoms. The quantitative estimate of drug-likeness (QED) is 0.305. The van der Waals surface area contributed by atoms with Crippen LogP contribution in [-0.4, -0.2) is 18.5 Å². The van der Waals surface area contributed by atoms with Crippen molar-refractivity contribution in [2.75, 3.05) is 6.61 Å². The van der Waals surface area contributed by atoms with Crippen molar-refractivity contribution in [1.29, 1.82) is 0 Å². The minimum atomic E-state index is -0.160. The molecule has 0 aromatic heterocycles. The van der Waals surface area contributed by atoms with Gasteiger partial charge >= 0.3 is 5.97 Å². The van der Waals surface area contributed by atoms with Gasteiger partial charge in [-0.15, -0.1) is 0 Å². The number of hydrogen-bond donors (Lipinski definition) is 2. The van der Waals surface area contributed by atoms with Crippen LogP contribution < -0.4 is 11.5 Å². The molecule has 0 saturated carbocycles. The van der Waals surface area contributed by atoms with Crippen LogP contribution in [0.15, 0.2) is 77.8 Å². The fraction of sp³-hybridized carbons (Fsp3) is 0.231. The Hall–Kier alpha value is -3.60. The third kappa shape index (κ3) is 6.71. The number of guanidine groups is 1. The van der Waals surface area contributed by atoms with E-state index in [0.29, 0.717) is 19.4 Å². The lowest BCUT2D eigenvalue weighted by Crippen LogP contribution is -2.21. The Morgan fingerprint density at radius 2 is 1.65 bits per heavy atom. The summed E-state index contributed by atoms with van der Waals surface area (Å²) in [5.74, 6) is -0.106. The van der Waals surface area contributed by atoms with E-state index in [2.05, 4.69) is 41.4 Å². The van der Waals surface area contributed by atoms with Gasteiger partial charge in [0.1, 0.15) is 0 Å². The van der Waals surface area contributed by atoms with Crippen LogP contribution in [-0.2, 0) is 28.8 Å². The summed E-state index contributed by atoms with van der Waals surface area (Å²) in [5.41, 5.74) is 17.7. The second kappa shape index (κ2) is 11.0. The number of aryl methyl sites for hydroxylation is 3. The third-order valence-electron chi connectivity index (χ3n) is 5.03. The highest BCUT2D eigenvalue weighted by Gasteiger charge is 2.09. The highest BCUT2D eigenvalue weighted by Crippen LogP contribution is 2.27. The van der Waals surface area contributed by atoms with E-state index in [0.717, 1.165) is 24.1 Å². The Bertz CT molecular complexity index is 1040. The molecule has 0 amide bonds. The molecule has 160 valence electrons. The zero-order chi connectivity index (χ0) is 22.1. The highest BCUT2D eigenvalue weighted by molar-refractivity contribution is 5.79. The van der Waals surface area contributed by atoms with Crippen molar-refractivity contribution in [3.8, 4) is 11.1 Å². The zero-order valence-electron chi connectivity index (χ0n) is 17.9. The summed E-state index contributed by atoms with van der Waals surface area (Å²) in [6, 6.07) is 24.8. The van der Waals surface area contributed by atoms with Gasteiger partial charge in [-0.2, -0.15) is 0 Å². The van der Waals surface area contributed by atoms with Crippen LogP contribution >= 0.6 is 0 Å². The van der Waals surface area contributed by atoms with Gasteiger partial charge < -0.3 is 16.2 Å². The number of aliphatic imine (C=N–C) groups is 1. The van der Waals surface area contributed by atoms with E-state index in [9.17, 15) is 4.79 Å². The molecule has 0 aliphatic rings. The van der Waals surface area contributed by atoms with Gasteiger partial charge in [-0.05, 0) is 66.1 Å². The van der Waals surface area contributed by atoms with Gasteiger partial charge in [0.25, 0.3) is 0 Å². The summed E-state index contributed by atoms with van der Waals surface area (Å²) in [6.07, 6.45) is 2.77. The number of rotatable bonds is 9. The molecule has 3 rings (SSSR count). The lowest BCUT2D eigenvalue weighted by molar-refractivity contribution is -0.143. The minimum Gasteiger partial charge on any atom is -0.466 e. The van der Waals surface area contributed by atoms with Crippen molar-refractivity contribution in [2.24, 2.45) is 16.5 Å². The van der Waals surface area contributed by atoms with E-state index in [1.165, 1.54) is 22.3 Å². The zero-order valence-corrected chi connectivity index (χ0v) is 17.9. The molecule has 4 N–H and O–H groups in total. The van der Waals surface area contributed by atoms with Crippen LogP contribution in [0.3, 0.4) is 0 Å². The van der Waals surface area contributed by atoms with Crippen LogP contribution in [0.1, 0.15) is 30.0 Å². The SMILES string of the molecule is CCOC(=O)CCc1ccc(-c2ccccc2)c(CCc2cccc(N=C(N)N)c2)c1. The number of carbonyl (C=O) groups is 1. The predicted octanol–water partition coefficient (Wildman–Crippen LogP) is 4.54. The molecule has 0 aliphatic carbocycles. The van der Waals surface area contributed by atoms with E-state index >= 15 is 0 Å². The molecule has 0 spiro atoms. The molecular weight excluding hydrogens is 386 g/mol. The molecule has 31 heavy (non-hydrogen) atoms. The first kappa shape index (κ1) is 22.1. The number of esters is 1. The van der Waals surface area contributed by atoms with E-state index < -0.39 is 0 Å². The molecule has 0 unspecified atom stereocenters. The van der Waals surface area contributed by atoms with Crippen LogP contribution in [0.4, 0.5) is 5.69 Å². The number of carbonyl (C=O) groups excluding carboxylic acids is 1. The highest BCUT2D eigenvalue weighted by atomic mass is 16.5. The average molecular weight is 416 g/mol. The van der Waals surface area contributed by atoms with Gasteiger partial charge in [-0.1, -0.05) is 60.7 Å². The minimum absolute atomic E-state index is 0.0535. The lowest BCUT2D eigenvalue weighted by atomic mass is 9.92. The maximum atomic E-state index is 11.8. The standard InChI is InChI=1S/C26H29N3O2/c1-2-31-25(30)16-13-20-12-15-24(21-8-4-3-5-9-21)22(17-20)14-11-19-7-6-10-23(18-19)29-26(27)28/h3-10,12,15,17-18H,2,11,13-14,16H2,1H3,(H4,27,28,29). The second-order valence-corrected chi connectivity index (χ2v) is 7.37. The second-order valence-electron chi connectivity index (χ2n) is 7.37. The van der Waals surface area contributed by atoms with Crippen LogP contribution in [0.25, 0.3) is 11.1 Å². The van der Waals surface area contributed by atoms with Crippen molar-refractivity contribution >= 4 is 17.6 Å². The maximum Gasteiger partial charge on any atom is 0.306 e. The molecule has 0 fully saturated rings. The summed E-state index contributed by atoms with van der Waals surface area (Å²) in [5, 5.41) is 0. The van der Waals surface area contributed by atoms with Crippen LogP contribution in [0, 0.1) is 0 Å². The summed E-state index contributed by atoms with van der Waals surface area (Å²) in [4.78, 5) is 15.9. The Balaban J connectivity index is 1.82.